The molecule has 0 aromatic rings. The van der Waals surface area contributed by atoms with Gasteiger partial charge in [-0.25, -0.2) is 0 Å². The van der Waals surface area contributed by atoms with Gasteiger partial charge in [0.25, 0.3) is 0 Å². The molecule has 0 spiro atoms. The molecular weight excluding hydrogens is 327 g/mol. The molecule has 10 N–H and O–H groups in total. The molecule has 0 radical (unpaired) electrons. The van der Waals surface area contributed by atoms with Crippen LogP contribution in [0.3, 0.4) is 0 Å². The van der Waals surface area contributed by atoms with Crippen molar-refractivity contribution < 1.29 is 48.4 Å². The molecule has 8 heteroatoms. The van der Waals surface area contributed by atoms with Gasteiger partial charge < -0.3 is 51.0 Å². The fourth-order valence-electron chi connectivity index (χ4n) is 0. The van der Waals surface area contributed by atoms with Crippen molar-refractivity contribution in [1.29, 1.82) is 10.5 Å². The quantitative estimate of drug-likeness (QED) is 0.406. The SMILES string of the molecule is O.O.O.O.O.[C-]#N.[C-]#N.[Pt+2]. The Hall–Kier alpha value is -0.532. The first-order valence-corrected chi connectivity index (χ1v) is 0.447. The van der Waals surface area contributed by atoms with Crippen molar-refractivity contribution in [2.75, 3.05) is 0 Å². The summed E-state index contributed by atoms with van der Waals surface area (Å²) >= 11 is 0. The van der Waals surface area contributed by atoms with Crippen LogP contribution in [0.2, 0.25) is 0 Å². The average Bonchev–Trinajstić information content (AvgIpc) is 1.50. The van der Waals surface area contributed by atoms with E-state index in [2.05, 4.69) is 0 Å². The van der Waals surface area contributed by atoms with Crippen LogP contribution < -0.4 is 0 Å². The maximum absolute atomic E-state index is 6.25. The van der Waals surface area contributed by atoms with Crippen molar-refractivity contribution in [3.05, 3.63) is 13.1 Å². The Labute approximate surface area is 72.7 Å². The monoisotopic (exact) mass is 337 g/mol. The minimum Gasteiger partial charge on any atom is -0.512 e. The van der Waals surface area contributed by atoms with Gasteiger partial charge in [-0.15, -0.1) is 0 Å². The summed E-state index contributed by atoms with van der Waals surface area (Å²) in [5.41, 5.74) is 0. The first-order valence-electron chi connectivity index (χ1n) is 0.447. The van der Waals surface area contributed by atoms with E-state index in [9.17, 15) is 0 Å². The van der Waals surface area contributed by atoms with Crippen molar-refractivity contribution in [3.8, 4) is 0 Å². The maximum Gasteiger partial charge on any atom is 2.00 e. The fraction of sp³-hybridized carbons (Fsp3) is 0. The Morgan fingerprint density at radius 3 is 0.500 bits per heavy atom. The van der Waals surface area contributed by atoms with E-state index in [0.29, 0.717) is 0 Å². The number of nitrogens with zero attached hydrogens (tertiary/aromatic N) is 2. The summed E-state index contributed by atoms with van der Waals surface area (Å²) < 4.78 is 0. The van der Waals surface area contributed by atoms with Gasteiger partial charge in [-0.3, -0.25) is 0 Å². The topological polar surface area (TPSA) is 205 Å². The molecule has 7 nitrogen and oxygen atoms in total. The van der Waals surface area contributed by atoms with Crippen LogP contribution in [0.1, 0.15) is 0 Å². The molecule has 10 heavy (non-hydrogen) atoms. The van der Waals surface area contributed by atoms with Gasteiger partial charge in [-0.05, 0) is 0 Å². The van der Waals surface area contributed by atoms with Crippen LogP contribution in [0.5, 0.6) is 0 Å². The van der Waals surface area contributed by atoms with Crippen LogP contribution in [0.15, 0.2) is 0 Å². The van der Waals surface area contributed by atoms with Crippen LogP contribution in [-0.4, -0.2) is 27.4 Å². The van der Waals surface area contributed by atoms with E-state index >= 15 is 0 Å². The summed E-state index contributed by atoms with van der Waals surface area (Å²) in [7, 11) is 0. The van der Waals surface area contributed by atoms with Crippen molar-refractivity contribution in [1.82, 2.24) is 0 Å². The molecule has 0 bridgehead atoms. The molecule has 0 aromatic heterocycles. The van der Waals surface area contributed by atoms with Crippen LogP contribution in [0.25, 0.3) is 0 Å². The molecule has 0 saturated heterocycles. The van der Waals surface area contributed by atoms with Gasteiger partial charge in [0.2, 0.25) is 0 Å². The average molecular weight is 337 g/mol. The molecular formula is C2H10N2O5Pt. The van der Waals surface area contributed by atoms with Gasteiger partial charge >= 0.3 is 21.1 Å². The molecule has 0 aromatic carbocycles. The van der Waals surface area contributed by atoms with E-state index in [-0.39, 0.29) is 48.4 Å². The van der Waals surface area contributed by atoms with Crippen LogP contribution in [-0.2, 0) is 21.1 Å². The Morgan fingerprint density at radius 1 is 0.500 bits per heavy atom. The van der Waals surface area contributed by atoms with Crippen molar-refractivity contribution in [3.63, 3.8) is 0 Å². The Kier molecular flexibility index (Phi) is 52600. The summed E-state index contributed by atoms with van der Waals surface area (Å²) in [6.45, 7) is 9.50. The second kappa shape index (κ2) is 1670. The summed E-state index contributed by atoms with van der Waals surface area (Å²) in [6.07, 6.45) is 0. The largest absolute Gasteiger partial charge is 2.00 e. The van der Waals surface area contributed by atoms with Crippen LogP contribution in [0.4, 0.5) is 0 Å². The van der Waals surface area contributed by atoms with Gasteiger partial charge in [0.15, 0.2) is 0 Å². The first-order chi connectivity index (χ1) is 2.00. The zero-order valence-corrected chi connectivity index (χ0v) is 6.98. The zero-order valence-electron chi connectivity index (χ0n) is 4.71. The first kappa shape index (κ1) is 315. The van der Waals surface area contributed by atoms with E-state index in [1.807, 2.05) is 0 Å². The normalized spacial score (nSPS) is 0.400. The van der Waals surface area contributed by atoms with Crippen molar-refractivity contribution in [2.24, 2.45) is 0 Å². The minimum absolute atomic E-state index is 0. The predicted octanol–water partition coefficient (Wildman–Crippen LogP) is -3.93. The minimum atomic E-state index is 0. The summed E-state index contributed by atoms with van der Waals surface area (Å²) in [4.78, 5) is 0. The van der Waals surface area contributed by atoms with Crippen LogP contribution in [0, 0.1) is 23.7 Å². The van der Waals surface area contributed by atoms with E-state index in [0.717, 1.165) is 0 Å². The maximum atomic E-state index is 6.25. The number of hydrogen-bond donors (Lipinski definition) is 0. The van der Waals surface area contributed by atoms with Gasteiger partial charge in [0.1, 0.15) is 0 Å². The molecule has 0 fully saturated rings. The summed E-state index contributed by atoms with van der Waals surface area (Å²) in [5, 5.41) is 12.5. The molecule has 0 atom stereocenters. The molecule has 0 aliphatic heterocycles. The van der Waals surface area contributed by atoms with Crippen molar-refractivity contribution >= 4 is 0 Å². The molecule has 68 valence electrons. The third-order valence-corrected chi connectivity index (χ3v) is 0. The van der Waals surface area contributed by atoms with E-state index in [1.165, 1.54) is 0 Å². The van der Waals surface area contributed by atoms with Gasteiger partial charge in [0, 0.05) is 0 Å². The fourth-order valence-corrected chi connectivity index (χ4v) is 0. The Morgan fingerprint density at radius 2 is 0.500 bits per heavy atom. The molecule has 0 aliphatic carbocycles. The van der Waals surface area contributed by atoms with E-state index in [1.54, 1.807) is 0 Å². The third kappa shape index (κ3) is 1110. The molecule has 0 unspecified atom stereocenters. The third-order valence-electron chi connectivity index (χ3n) is 0. The van der Waals surface area contributed by atoms with Gasteiger partial charge in [-0.2, -0.15) is 0 Å². The standard InChI is InChI=1S/2CN.5H2O.Pt/c2*1-2;;;;;;/h;;5*1H2;/q2*-1;;;;;;+2. The molecule has 0 saturated carbocycles. The van der Waals surface area contributed by atoms with E-state index in [4.69, 9.17) is 23.7 Å². The molecule has 0 aliphatic rings. The Balaban J connectivity index is -0.000000000833. The van der Waals surface area contributed by atoms with E-state index < -0.39 is 0 Å². The van der Waals surface area contributed by atoms with Gasteiger partial charge in [0.05, 0.1) is 0 Å². The number of hydrogen-bond acceptors (Lipinski definition) is 2. The smallest absolute Gasteiger partial charge is 0.512 e. The Bertz CT molecular complexity index is 33.1. The summed E-state index contributed by atoms with van der Waals surface area (Å²) in [6, 6.07) is 0. The van der Waals surface area contributed by atoms with Gasteiger partial charge in [-0.1, -0.05) is 0 Å². The summed E-state index contributed by atoms with van der Waals surface area (Å²) in [5.74, 6) is 0. The predicted molar refractivity (Wildman–Crippen MR) is 28.0 cm³/mol. The second-order valence-corrected chi connectivity index (χ2v) is 0. The molecule has 0 rings (SSSR count). The molecule has 0 amide bonds. The van der Waals surface area contributed by atoms with Crippen LogP contribution >= 0.6 is 0 Å². The second-order valence-electron chi connectivity index (χ2n) is 0. The molecule has 0 heterocycles. The zero-order chi connectivity index (χ0) is 4.00. The number of rotatable bonds is 0. The van der Waals surface area contributed by atoms with Crippen molar-refractivity contribution in [2.45, 2.75) is 0 Å².